The summed E-state index contributed by atoms with van der Waals surface area (Å²) in [5.41, 5.74) is 0.0560. The van der Waals surface area contributed by atoms with E-state index in [0.29, 0.717) is 37.1 Å². The number of para-hydroxylation sites is 1. The van der Waals surface area contributed by atoms with Crippen molar-refractivity contribution in [3.05, 3.63) is 29.8 Å². The molecule has 128 valence electrons. The second-order valence-corrected chi connectivity index (χ2v) is 6.90. The molecule has 1 aromatic carbocycles. The number of carbonyl (C=O) groups is 2. The SMILES string of the molecule is O=C(CN1CC2(CCOCC2)Oc2ccccc2C1=O)NC1CC1. The van der Waals surface area contributed by atoms with E-state index in [4.69, 9.17) is 9.47 Å². The lowest BCUT2D eigenvalue weighted by molar-refractivity contribution is -0.122. The summed E-state index contributed by atoms with van der Waals surface area (Å²) < 4.78 is 11.8. The van der Waals surface area contributed by atoms with Gasteiger partial charge in [-0.2, -0.15) is 0 Å². The Morgan fingerprint density at radius 1 is 1.25 bits per heavy atom. The van der Waals surface area contributed by atoms with E-state index in [1.165, 1.54) is 0 Å². The molecule has 1 spiro atoms. The highest BCUT2D eigenvalue weighted by Crippen LogP contribution is 2.34. The van der Waals surface area contributed by atoms with E-state index in [2.05, 4.69) is 5.32 Å². The summed E-state index contributed by atoms with van der Waals surface area (Å²) >= 11 is 0. The molecule has 4 rings (SSSR count). The van der Waals surface area contributed by atoms with Crippen LogP contribution in [0.1, 0.15) is 36.0 Å². The van der Waals surface area contributed by atoms with E-state index in [1.807, 2.05) is 18.2 Å². The minimum atomic E-state index is -0.472. The van der Waals surface area contributed by atoms with E-state index in [-0.39, 0.29) is 18.4 Å². The Kier molecular flexibility index (Phi) is 3.92. The summed E-state index contributed by atoms with van der Waals surface area (Å²) in [6.45, 7) is 1.72. The van der Waals surface area contributed by atoms with Crippen molar-refractivity contribution in [1.82, 2.24) is 10.2 Å². The van der Waals surface area contributed by atoms with Crippen molar-refractivity contribution in [2.75, 3.05) is 26.3 Å². The second kappa shape index (κ2) is 6.09. The van der Waals surface area contributed by atoms with Crippen molar-refractivity contribution >= 4 is 11.8 Å². The van der Waals surface area contributed by atoms with Gasteiger partial charge in [0.05, 0.1) is 25.3 Å². The number of nitrogens with one attached hydrogen (secondary N) is 1. The van der Waals surface area contributed by atoms with Gasteiger partial charge in [0.1, 0.15) is 17.9 Å². The molecular weight excluding hydrogens is 308 g/mol. The van der Waals surface area contributed by atoms with Crippen molar-refractivity contribution in [2.45, 2.75) is 37.3 Å². The molecule has 2 amide bonds. The smallest absolute Gasteiger partial charge is 0.258 e. The molecule has 1 saturated carbocycles. The number of hydrogen-bond acceptors (Lipinski definition) is 4. The first-order valence-electron chi connectivity index (χ1n) is 8.60. The molecule has 2 aliphatic heterocycles. The Morgan fingerprint density at radius 2 is 2.00 bits per heavy atom. The minimum absolute atomic E-state index is 0.0790. The average molecular weight is 330 g/mol. The number of benzene rings is 1. The summed E-state index contributed by atoms with van der Waals surface area (Å²) in [6.07, 6.45) is 3.50. The predicted octanol–water partition coefficient (Wildman–Crippen LogP) is 1.35. The van der Waals surface area contributed by atoms with Crippen LogP contribution in [0.5, 0.6) is 5.75 Å². The monoisotopic (exact) mass is 330 g/mol. The van der Waals surface area contributed by atoms with Crippen molar-refractivity contribution in [3.63, 3.8) is 0 Å². The molecule has 6 nitrogen and oxygen atoms in total. The van der Waals surface area contributed by atoms with Crippen LogP contribution < -0.4 is 10.1 Å². The highest BCUT2D eigenvalue weighted by Gasteiger charge is 2.42. The minimum Gasteiger partial charge on any atom is -0.484 e. The zero-order valence-electron chi connectivity index (χ0n) is 13.6. The molecule has 1 aliphatic carbocycles. The molecule has 0 atom stereocenters. The number of rotatable bonds is 3. The van der Waals surface area contributed by atoms with Crippen LogP contribution >= 0.6 is 0 Å². The Labute approximate surface area is 141 Å². The third-order valence-electron chi connectivity index (χ3n) is 4.89. The summed E-state index contributed by atoms with van der Waals surface area (Å²) in [7, 11) is 0. The van der Waals surface area contributed by atoms with E-state index < -0.39 is 5.60 Å². The summed E-state index contributed by atoms with van der Waals surface area (Å²) in [6, 6.07) is 7.58. The van der Waals surface area contributed by atoms with Crippen LogP contribution in [0.3, 0.4) is 0 Å². The lowest BCUT2D eigenvalue weighted by atomic mass is 9.93. The first-order valence-corrected chi connectivity index (χ1v) is 8.60. The number of ether oxygens (including phenoxy) is 2. The molecule has 24 heavy (non-hydrogen) atoms. The number of nitrogens with zero attached hydrogens (tertiary/aromatic N) is 1. The highest BCUT2D eigenvalue weighted by molar-refractivity contribution is 5.99. The van der Waals surface area contributed by atoms with E-state index in [1.54, 1.807) is 11.0 Å². The molecule has 3 aliphatic rings. The van der Waals surface area contributed by atoms with Gasteiger partial charge in [0.25, 0.3) is 5.91 Å². The van der Waals surface area contributed by atoms with Gasteiger partial charge in [0.15, 0.2) is 0 Å². The Hall–Kier alpha value is -2.08. The number of hydrogen-bond donors (Lipinski definition) is 1. The molecule has 0 bridgehead atoms. The van der Waals surface area contributed by atoms with Crippen LogP contribution in [0.15, 0.2) is 24.3 Å². The third kappa shape index (κ3) is 3.11. The molecule has 1 saturated heterocycles. The van der Waals surface area contributed by atoms with E-state index in [0.717, 1.165) is 25.7 Å². The van der Waals surface area contributed by atoms with Crippen molar-refractivity contribution < 1.29 is 19.1 Å². The van der Waals surface area contributed by atoms with Crippen LogP contribution in [-0.4, -0.2) is 54.7 Å². The van der Waals surface area contributed by atoms with Gasteiger partial charge in [-0.3, -0.25) is 9.59 Å². The largest absolute Gasteiger partial charge is 0.484 e. The van der Waals surface area contributed by atoms with Crippen molar-refractivity contribution in [2.24, 2.45) is 0 Å². The molecule has 0 radical (unpaired) electrons. The number of amides is 2. The van der Waals surface area contributed by atoms with Gasteiger partial charge >= 0.3 is 0 Å². The standard InChI is InChI=1S/C18H22N2O4/c21-16(19-13-5-6-13)11-20-12-18(7-9-23-10-8-18)24-15-4-2-1-3-14(15)17(20)22/h1-4,13H,5-12H2,(H,19,21). The summed E-state index contributed by atoms with van der Waals surface area (Å²) in [4.78, 5) is 26.8. The van der Waals surface area contributed by atoms with E-state index >= 15 is 0 Å². The van der Waals surface area contributed by atoms with Gasteiger partial charge in [-0.15, -0.1) is 0 Å². The maximum absolute atomic E-state index is 12.9. The molecule has 2 heterocycles. The Bertz CT molecular complexity index is 650. The average Bonchev–Trinajstić information content (AvgIpc) is 3.39. The van der Waals surface area contributed by atoms with Gasteiger partial charge < -0.3 is 19.7 Å². The fourth-order valence-corrected chi connectivity index (χ4v) is 3.39. The quantitative estimate of drug-likeness (QED) is 0.908. The van der Waals surface area contributed by atoms with E-state index in [9.17, 15) is 9.59 Å². The van der Waals surface area contributed by atoms with Crippen LogP contribution in [-0.2, 0) is 9.53 Å². The fraction of sp³-hybridized carbons (Fsp3) is 0.556. The molecule has 2 fully saturated rings. The molecule has 1 aromatic rings. The van der Waals surface area contributed by atoms with Crippen LogP contribution in [0.4, 0.5) is 0 Å². The first-order chi connectivity index (χ1) is 11.7. The highest BCUT2D eigenvalue weighted by atomic mass is 16.5. The maximum atomic E-state index is 12.9. The Morgan fingerprint density at radius 3 is 2.75 bits per heavy atom. The lowest BCUT2D eigenvalue weighted by Crippen LogP contribution is -2.52. The normalized spacial score (nSPS) is 22.5. The number of fused-ring (bicyclic) bond motifs is 1. The maximum Gasteiger partial charge on any atom is 0.258 e. The van der Waals surface area contributed by atoms with Crippen molar-refractivity contribution in [3.8, 4) is 5.75 Å². The molecule has 0 unspecified atom stereocenters. The summed E-state index contributed by atoms with van der Waals surface area (Å²) in [5, 5.41) is 2.96. The molecule has 6 heteroatoms. The molecule has 0 aromatic heterocycles. The predicted molar refractivity (Wildman–Crippen MR) is 86.9 cm³/mol. The van der Waals surface area contributed by atoms with Gasteiger partial charge in [0.2, 0.25) is 5.91 Å². The van der Waals surface area contributed by atoms with Crippen LogP contribution in [0.25, 0.3) is 0 Å². The van der Waals surface area contributed by atoms with Crippen LogP contribution in [0.2, 0.25) is 0 Å². The number of carbonyl (C=O) groups excluding carboxylic acids is 2. The zero-order valence-corrected chi connectivity index (χ0v) is 13.6. The topological polar surface area (TPSA) is 67.9 Å². The summed E-state index contributed by atoms with van der Waals surface area (Å²) in [5.74, 6) is 0.377. The van der Waals surface area contributed by atoms with Crippen LogP contribution in [0, 0.1) is 0 Å². The van der Waals surface area contributed by atoms with Gasteiger partial charge in [-0.05, 0) is 25.0 Å². The first kappa shape index (κ1) is 15.4. The second-order valence-electron chi connectivity index (χ2n) is 6.90. The molecule has 1 N–H and O–H groups in total. The van der Waals surface area contributed by atoms with Crippen molar-refractivity contribution in [1.29, 1.82) is 0 Å². The van der Waals surface area contributed by atoms with Gasteiger partial charge in [-0.25, -0.2) is 0 Å². The lowest BCUT2D eigenvalue weighted by Gasteiger charge is -2.38. The zero-order chi connectivity index (χ0) is 16.6. The van der Waals surface area contributed by atoms with Gasteiger partial charge in [0, 0.05) is 18.9 Å². The third-order valence-corrected chi connectivity index (χ3v) is 4.89. The Balaban J connectivity index is 1.61. The van der Waals surface area contributed by atoms with Gasteiger partial charge in [-0.1, -0.05) is 12.1 Å². The molecular formula is C18H22N2O4. The fourth-order valence-electron chi connectivity index (χ4n) is 3.39.